The molecule has 0 fully saturated rings. The Kier molecular flexibility index (Phi) is 5.12. The lowest BCUT2D eigenvalue weighted by atomic mass is 10.2. The van der Waals surface area contributed by atoms with Crippen LogP contribution in [0.5, 0.6) is 5.75 Å². The number of nitrogens with zero attached hydrogens (tertiary/aromatic N) is 1. The fourth-order valence-electron chi connectivity index (χ4n) is 2.48. The van der Waals surface area contributed by atoms with Gasteiger partial charge in [0.2, 0.25) is 0 Å². The van der Waals surface area contributed by atoms with E-state index >= 15 is 0 Å². The van der Waals surface area contributed by atoms with Crippen molar-refractivity contribution >= 4 is 11.6 Å². The molecule has 0 atom stereocenters. The lowest BCUT2D eigenvalue weighted by molar-refractivity contribution is 0.102. The zero-order valence-electron chi connectivity index (χ0n) is 14.1. The Morgan fingerprint density at radius 1 is 1.08 bits per heavy atom. The summed E-state index contributed by atoms with van der Waals surface area (Å²) in [5, 5.41) is 2.75. The van der Waals surface area contributed by atoms with Crippen molar-refractivity contribution in [2.75, 3.05) is 12.4 Å². The van der Waals surface area contributed by atoms with Crippen LogP contribution in [0.15, 0.2) is 71.7 Å². The van der Waals surface area contributed by atoms with E-state index in [0.717, 1.165) is 0 Å². The number of hydrogen-bond acceptors (Lipinski definition) is 3. The molecule has 0 unspecified atom stereocenters. The number of carbonyl (C=O) groups is 1. The van der Waals surface area contributed by atoms with Gasteiger partial charge in [-0.05, 0) is 36.4 Å². The highest BCUT2D eigenvalue weighted by Gasteiger charge is 2.10. The van der Waals surface area contributed by atoms with Gasteiger partial charge in [0, 0.05) is 23.5 Å². The number of amides is 1. The fourth-order valence-corrected chi connectivity index (χ4v) is 2.48. The van der Waals surface area contributed by atoms with Gasteiger partial charge in [-0.1, -0.05) is 18.2 Å². The van der Waals surface area contributed by atoms with Crippen LogP contribution >= 0.6 is 0 Å². The molecule has 2 aromatic carbocycles. The molecule has 0 aliphatic heterocycles. The first-order chi connectivity index (χ1) is 12.6. The molecule has 6 heteroatoms. The maximum absolute atomic E-state index is 13.8. The maximum Gasteiger partial charge on any atom is 0.257 e. The lowest BCUT2D eigenvalue weighted by Crippen LogP contribution is -2.23. The number of nitrogens with one attached hydrogen (secondary N) is 1. The second-order valence-corrected chi connectivity index (χ2v) is 5.66. The molecular formula is C20H17FN2O3. The highest BCUT2D eigenvalue weighted by molar-refractivity contribution is 6.04. The van der Waals surface area contributed by atoms with E-state index in [9.17, 15) is 14.0 Å². The molecule has 0 spiro atoms. The molecule has 1 aromatic heterocycles. The minimum absolute atomic E-state index is 0.0508. The average Bonchev–Trinajstić information content (AvgIpc) is 2.66. The normalized spacial score (nSPS) is 10.4. The Morgan fingerprint density at radius 3 is 2.50 bits per heavy atom. The van der Waals surface area contributed by atoms with Crippen molar-refractivity contribution < 1.29 is 13.9 Å². The van der Waals surface area contributed by atoms with Crippen LogP contribution in [0.25, 0.3) is 0 Å². The molecule has 5 nitrogen and oxygen atoms in total. The van der Waals surface area contributed by atoms with E-state index in [1.807, 2.05) is 0 Å². The predicted molar refractivity (Wildman–Crippen MR) is 97.2 cm³/mol. The molecule has 0 aliphatic carbocycles. The molecule has 1 heterocycles. The summed E-state index contributed by atoms with van der Waals surface area (Å²) < 4.78 is 20.2. The number of halogens is 1. The van der Waals surface area contributed by atoms with Gasteiger partial charge in [-0.3, -0.25) is 9.59 Å². The summed E-state index contributed by atoms with van der Waals surface area (Å²) in [6.07, 6.45) is 1.42. The third-order valence-electron chi connectivity index (χ3n) is 3.89. The van der Waals surface area contributed by atoms with Crippen LogP contribution in [0.4, 0.5) is 10.1 Å². The third-order valence-corrected chi connectivity index (χ3v) is 3.89. The molecule has 3 aromatic rings. The number of hydrogen-bond donors (Lipinski definition) is 1. The van der Waals surface area contributed by atoms with Crippen LogP contribution in [0.1, 0.15) is 15.9 Å². The Balaban J connectivity index is 1.80. The van der Waals surface area contributed by atoms with E-state index in [1.165, 1.54) is 29.0 Å². The van der Waals surface area contributed by atoms with Gasteiger partial charge in [-0.2, -0.15) is 0 Å². The van der Waals surface area contributed by atoms with Crippen LogP contribution in [0.3, 0.4) is 0 Å². The average molecular weight is 352 g/mol. The number of methoxy groups -OCH3 is 1. The zero-order chi connectivity index (χ0) is 18.5. The second-order valence-electron chi connectivity index (χ2n) is 5.66. The standard InChI is InChI=1S/C20H17FN2O3/c1-26-17-9-7-16(8-10-17)22-20(25)15-6-11-19(24)23(13-15)12-14-4-2-3-5-18(14)21/h2-11,13H,12H2,1H3,(H,22,25). The summed E-state index contributed by atoms with van der Waals surface area (Å²) in [6.45, 7) is 0.0508. The van der Waals surface area contributed by atoms with Crippen LogP contribution in [0.2, 0.25) is 0 Å². The molecule has 1 amide bonds. The Labute approximate surface area is 149 Å². The number of ether oxygens (including phenoxy) is 1. The summed E-state index contributed by atoms with van der Waals surface area (Å²) in [7, 11) is 1.56. The summed E-state index contributed by atoms with van der Waals surface area (Å²) in [6, 6.07) is 15.8. The van der Waals surface area contributed by atoms with Gasteiger partial charge in [0.15, 0.2) is 0 Å². The summed E-state index contributed by atoms with van der Waals surface area (Å²) in [5.41, 5.74) is 0.968. The molecular weight excluding hydrogens is 335 g/mol. The quantitative estimate of drug-likeness (QED) is 0.766. The van der Waals surface area contributed by atoms with Gasteiger partial charge in [0.1, 0.15) is 11.6 Å². The van der Waals surface area contributed by atoms with Crippen LogP contribution < -0.4 is 15.6 Å². The number of rotatable bonds is 5. The lowest BCUT2D eigenvalue weighted by Gasteiger charge is -2.10. The van der Waals surface area contributed by atoms with Crippen molar-refractivity contribution in [1.82, 2.24) is 4.57 Å². The van der Waals surface area contributed by atoms with E-state index in [-0.39, 0.29) is 18.0 Å². The van der Waals surface area contributed by atoms with Gasteiger partial charge in [0.25, 0.3) is 11.5 Å². The molecule has 132 valence electrons. The first kappa shape index (κ1) is 17.4. The number of pyridine rings is 1. The van der Waals surface area contributed by atoms with Gasteiger partial charge < -0.3 is 14.6 Å². The summed E-state index contributed by atoms with van der Waals surface area (Å²) in [4.78, 5) is 24.5. The molecule has 0 saturated heterocycles. The zero-order valence-corrected chi connectivity index (χ0v) is 14.1. The summed E-state index contributed by atoms with van der Waals surface area (Å²) in [5.74, 6) is -0.0774. The number of anilines is 1. The Bertz CT molecular complexity index is 981. The minimum Gasteiger partial charge on any atom is -0.497 e. The molecule has 1 N–H and O–H groups in total. The van der Waals surface area contributed by atoms with E-state index in [1.54, 1.807) is 49.6 Å². The third kappa shape index (κ3) is 3.97. The van der Waals surface area contributed by atoms with Crippen LogP contribution in [0, 0.1) is 5.82 Å². The monoisotopic (exact) mass is 352 g/mol. The highest BCUT2D eigenvalue weighted by Crippen LogP contribution is 2.16. The SMILES string of the molecule is COc1ccc(NC(=O)c2ccc(=O)n(Cc3ccccc3F)c2)cc1. The van der Waals surface area contributed by atoms with E-state index in [4.69, 9.17) is 4.74 Å². The molecule has 0 aliphatic rings. The van der Waals surface area contributed by atoms with Crippen molar-refractivity contribution in [3.05, 3.63) is 94.2 Å². The first-order valence-electron chi connectivity index (χ1n) is 7.96. The van der Waals surface area contributed by atoms with Crippen LogP contribution in [-0.2, 0) is 6.54 Å². The second kappa shape index (κ2) is 7.65. The molecule has 0 saturated carbocycles. The molecule has 0 bridgehead atoms. The topological polar surface area (TPSA) is 60.3 Å². The smallest absolute Gasteiger partial charge is 0.257 e. The first-order valence-corrected chi connectivity index (χ1v) is 7.96. The van der Waals surface area contributed by atoms with Gasteiger partial charge >= 0.3 is 0 Å². The van der Waals surface area contributed by atoms with Crippen molar-refractivity contribution in [3.8, 4) is 5.75 Å². The largest absolute Gasteiger partial charge is 0.497 e. The van der Waals surface area contributed by atoms with Crippen LogP contribution in [-0.4, -0.2) is 17.6 Å². The van der Waals surface area contributed by atoms with Crippen molar-refractivity contribution in [2.24, 2.45) is 0 Å². The predicted octanol–water partition coefficient (Wildman–Crippen LogP) is 3.30. The molecule has 0 radical (unpaired) electrons. The van der Waals surface area contributed by atoms with Crippen molar-refractivity contribution in [3.63, 3.8) is 0 Å². The fraction of sp³-hybridized carbons (Fsp3) is 0.100. The van der Waals surface area contributed by atoms with Gasteiger partial charge in [-0.15, -0.1) is 0 Å². The molecule has 26 heavy (non-hydrogen) atoms. The Morgan fingerprint density at radius 2 is 1.81 bits per heavy atom. The highest BCUT2D eigenvalue weighted by atomic mass is 19.1. The van der Waals surface area contributed by atoms with Gasteiger partial charge in [-0.25, -0.2) is 4.39 Å². The van der Waals surface area contributed by atoms with Crippen molar-refractivity contribution in [1.29, 1.82) is 0 Å². The Hall–Kier alpha value is -3.41. The summed E-state index contributed by atoms with van der Waals surface area (Å²) >= 11 is 0. The van der Waals surface area contributed by atoms with E-state index in [0.29, 0.717) is 22.6 Å². The van der Waals surface area contributed by atoms with E-state index < -0.39 is 5.82 Å². The number of carbonyl (C=O) groups excluding carboxylic acids is 1. The van der Waals surface area contributed by atoms with Gasteiger partial charge in [0.05, 0.1) is 19.2 Å². The maximum atomic E-state index is 13.8. The van der Waals surface area contributed by atoms with Crippen molar-refractivity contribution in [2.45, 2.75) is 6.54 Å². The minimum atomic E-state index is -0.396. The van der Waals surface area contributed by atoms with E-state index in [2.05, 4.69) is 5.32 Å². The number of aromatic nitrogens is 1. The number of benzene rings is 2. The molecule has 3 rings (SSSR count).